The summed E-state index contributed by atoms with van der Waals surface area (Å²) >= 11 is 0. The molecule has 0 aromatic rings. The van der Waals surface area contributed by atoms with E-state index in [2.05, 4.69) is 18.8 Å². The van der Waals surface area contributed by atoms with Crippen molar-refractivity contribution < 1.29 is 5.11 Å². The lowest BCUT2D eigenvalue weighted by molar-refractivity contribution is 0.115. The number of nitrogens with one attached hydrogen (secondary N) is 1. The van der Waals surface area contributed by atoms with Crippen molar-refractivity contribution >= 4 is 0 Å². The van der Waals surface area contributed by atoms with Crippen LogP contribution in [0.4, 0.5) is 0 Å². The van der Waals surface area contributed by atoms with Crippen molar-refractivity contribution in [1.29, 1.82) is 0 Å². The number of rotatable bonds is 4. The number of aliphatic hydroxyl groups excluding tert-OH is 1. The third kappa shape index (κ3) is 3.81. The number of aliphatic hydroxyl groups is 1. The molecular formula is C12H23NO. The molecule has 0 aromatic carbocycles. The molecule has 1 rings (SSSR count). The molecule has 2 heteroatoms. The van der Waals surface area contributed by atoms with Gasteiger partial charge in [-0.05, 0) is 26.2 Å². The summed E-state index contributed by atoms with van der Waals surface area (Å²) in [5, 5.41) is 13.4. The Morgan fingerprint density at radius 3 is 2.86 bits per heavy atom. The van der Waals surface area contributed by atoms with Gasteiger partial charge in [0.1, 0.15) is 0 Å². The summed E-state index contributed by atoms with van der Waals surface area (Å²) in [6.45, 7) is 5.88. The minimum absolute atomic E-state index is 0.148. The summed E-state index contributed by atoms with van der Waals surface area (Å²) in [7, 11) is 0. The normalized spacial score (nSPS) is 30.7. The van der Waals surface area contributed by atoms with Gasteiger partial charge in [-0.1, -0.05) is 25.3 Å². The van der Waals surface area contributed by atoms with E-state index >= 15 is 0 Å². The van der Waals surface area contributed by atoms with E-state index in [9.17, 15) is 5.11 Å². The highest BCUT2D eigenvalue weighted by Crippen LogP contribution is 2.18. The van der Waals surface area contributed by atoms with E-state index < -0.39 is 0 Å². The lowest BCUT2D eigenvalue weighted by atomic mass is 10.0. The molecule has 0 heterocycles. The van der Waals surface area contributed by atoms with Crippen LogP contribution in [0.5, 0.6) is 0 Å². The molecular weight excluding hydrogens is 174 g/mol. The van der Waals surface area contributed by atoms with Gasteiger partial charge in [-0.25, -0.2) is 0 Å². The SMILES string of the molecule is C=CCC(C)NC1CCCCCC1O. The van der Waals surface area contributed by atoms with Crippen LogP contribution in [-0.4, -0.2) is 23.3 Å². The molecule has 0 amide bonds. The van der Waals surface area contributed by atoms with E-state index in [4.69, 9.17) is 0 Å². The maximum absolute atomic E-state index is 9.88. The predicted octanol–water partition coefficient (Wildman–Crippen LogP) is 2.23. The molecule has 1 aliphatic carbocycles. The van der Waals surface area contributed by atoms with Crippen LogP contribution in [0.2, 0.25) is 0 Å². The molecule has 0 spiro atoms. The van der Waals surface area contributed by atoms with E-state index in [1.807, 2.05) is 6.08 Å². The molecule has 0 saturated heterocycles. The molecule has 0 aromatic heterocycles. The predicted molar refractivity (Wildman–Crippen MR) is 60.3 cm³/mol. The summed E-state index contributed by atoms with van der Waals surface area (Å²) < 4.78 is 0. The Hall–Kier alpha value is -0.340. The zero-order valence-electron chi connectivity index (χ0n) is 9.21. The Balaban J connectivity index is 2.35. The first kappa shape index (κ1) is 11.7. The van der Waals surface area contributed by atoms with Gasteiger partial charge in [0.25, 0.3) is 0 Å². The zero-order chi connectivity index (χ0) is 10.4. The summed E-state index contributed by atoms with van der Waals surface area (Å²) in [5.41, 5.74) is 0. The summed E-state index contributed by atoms with van der Waals surface area (Å²) in [4.78, 5) is 0. The number of hydrogen-bond donors (Lipinski definition) is 2. The molecule has 1 saturated carbocycles. The van der Waals surface area contributed by atoms with E-state index in [1.54, 1.807) is 0 Å². The van der Waals surface area contributed by atoms with Crippen molar-refractivity contribution in [2.24, 2.45) is 0 Å². The fourth-order valence-electron chi connectivity index (χ4n) is 2.17. The van der Waals surface area contributed by atoms with Gasteiger partial charge in [0.15, 0.2) is 0 Å². The van der Waals surface area contributed by atoms with Crippen LogP contribution >= 0.6 is 0 Å². The van der Waals surface area contributed by atoms with Crippen LogP contribution in [0.3, 0.4) is 0 Å². The van der Waals surface area contributed by atoms with Crippen molar-refractivity contribution in [3.05, 3.63) is 12.7 Å². The minimum atomic E-state index is -0.148. The third-order valence-corrected chi connectivity index (χ3v) is 3.00. The lowest BCUT2D eigenvalue weighted by Gasteiger charge is -2.25. The summed E-state index contributed by atoms with van der Waals surface area (Å²) in [6.07, 6.45) is 8.52. The molecule has 3 unspecified atom stereocenters. The van der Waals surface area contributed by atoms with Crippen molar-refractivity contribution in [3.63, 3.8) is 0 Å². The van der Waals surface area contributed by atoms with E-state index in [-0.39, 0.29) is 6.10 Å². The molecule has 0 aliphatic heterocycles. The highest BCUT2D eigenvalue weighted by molar-refractivity contribution is 4.83. The second kappa shape index (κ2) is 6.20. The molecule has 1 fully saturated rings. The van der Waals surface area contributed by atoms with Gasteiger partial charge in [0.2, 0.25) is 0 Å². The van der Waals surface area contributed by atoms with Crippen LogP contribution in [0.1, 0.15) is 45.4 Å². The Morgan fingerprint density at radius 1 is 1.43 bits per heavy atom. The second-order valence-corrected chi connectivity index (χ2v) is 4.40. The molecule has 0 bridgehead atoms. The van der Waals surface area contributed by atoms with Gasteiger partial charge in [-0.2, -0.15) is 0 Å². The molecule has 2 N–H and O–H groups in total. The smallest absolute Gasteiger partial charge is 0.0693 e. The third-order valence-electron chi connectivity index (χ3n) is 3.00. The van der Waals surface area contributed by atoms with E-state index in [0.29, 0.717) is 12.1 Å². The van der Waals surface area contributed by atoms with Crippen molar-refractivity contribution in [3.8, 4) is 0 Å². The Morgan fingerprint density at radius 2 is 2.14 bits per heavy atom. The maximum Gasteiger partial charge on any atom is 0.0693 e. The van der Waals surface area contributed by atoms with E-state index in [0.717, 1.165) is 19.3 Å². The van der Waals surface area contributed by atoms with Gasteiger partial charge < -0.3 is 10.4 Å². The van der Waals surface area contributed by atoms with Crippen molar-refractivity contribution in [2.45, 2.75) is 63.6 Å². The first-order chi connectivity index (χ1) is 6.74. The molecule has 1 aliphatic rings. The first-order valence-corrected chi connectivity index (χ1v) is 5.79. The molecule has 0 radical (unpaired) electrons. The van der Waals surface area contributed by atoms with Crippen LogP contribution in [-0.2, 0) is 0 Å². The van der Waals surface area contributed by atoms with Crippen LogP contribution < -0.4 is 5.32 Å². The van der Waals surface area contributed by atoms with Gasteiger partial charge in [-0.15, -0.1) is 6.58 Å². The van der Waals surface area contributed by atoms with Crippen LogP contribution in [0.15, 0.2) is 12.7 Å². The second-order valence-electron chi connectivity index (χ2n) is 4.40. The average Bonchev–Trinajstić information content (AvgIpc) is 2.33. The Bertz CT molecular complexity index is 170. The van der Waals surface area contributed by atoms with E-state index in [1.165, 1.54) is 19.3 Å². The quantitative estimate of drug-likeness (QED) is 0.535. The fraction of sp³-hybridized carbons (Fsp3) is 0.833. The molecule has 14 heavy (non-hydrogen) atoms. The maximum atomic E-state index is 9.88. The van der Waals surface area contributed by atoms with Crippen LogP contribution in [0, 0.1) is 0 Å². The average molecular weight is 197 g/mol. The Kier molecular flexibility index (Phi) is 5.20. The van der Waals surface area contributed by atoms with Gasteiger partial charge in [0.05, 0.1) is 6.10 Å². The lowest BCUT2D eigenvalue weighted by Crippen LogP contribution is -2.43. The highest BCUT2D eigenvalue weighted by atomic mass is 16.3. The monoisotopic (exact) mass is 197 g/mol. The standard InChI is InChI=1S/C12H23NO/c1-3-7-10(2)13-11-8-5-4-6-9-12(11)14/h3,10-14H,1,4-9H2,2H3. The highest BCUT2D eigenvalue weighted by Gasteiger charge is 2.22. The molecule has 82 valence electrons. The topological polar surface area (TPSA) is 32.3 Å². The largest absolute Gasteiger partial charge is 0.392 e. The summed E-state index contributed by atoms with van der Waals surface area (Å²) in [6, 6.07) is 0.734. The number of hydrogen-bond acceptors (Lipinski definition) is 2. The van der Waals surface area contributed by atoms with Crippen LogP contribution in [0.25, 0.3) is 0 Å². The zero-order valence-corrected chi connectivity index (χ0v) is 9.21. The van der Waals surface area contributed by atoms with Gasteiger partial charge in [0, 0.05) is 12.1 Å². The Labute approximate surface area is 87.4 Å². The molecule has 3 atom stereocenters. The molecule has 2 nitrogen and oxygen atoms in total. The minimum Gasteiger partial charge on any atom is -0.392 e. The van der Waals surface area contributed by atoms with Crippen molar-refractivity contribution in [2.75, 3.05) is 0 Å². The fourth-order valence-corrected chi connectivity index (χ4v) is 2.17. The first-order valence-electron chi connectivity index (χ1n) is 5.79. The van der Waals surface area contributed by atoms with Gasteiger partial charge in [-0.3, -0.25) is 0 Å². The van der Waals surface area contributed by atoms with Crippen molar-refractivity contribution in [1.82, 2.24) is 5.32 Å². The van der Waals surface area contributed by atoms with Gasteiger partial charge >= 0.3 is 0 Å². The summed E-state index contributed by atoms with van der Waals surface area (Å²) in [5.74, 6) is 0.